The van der Waals surface area contributed by atoms with Crippen molar-refractivity contribution in [3.63, 3.8) is 0 Å². The van der Waals surface area contributed by atoms with Crippen molar-refractivity contribution in [3.05, 3.63) is 41.3 Å². The van der Waals surface area contributed by atoms with Crippen molar-refractivity contribution in [2.75, 3.05) is 5.75 Å². The highest BCUT2D eigenvalue weighted by Gasteiger charge is 2.07. The van der Waals surface area contributed by atoms with Crippen LogP contribution in [0.15, 0.2) is 40.1 Å². The number of thioether (sulfide) groups is 1. The van der Waals surface area contributed by atoms with Crippen LogP contribution >= 0.6 is 23.1 Å². The van der Waals surface area contributed by atoms with Crippen molar-refractivity contribution in [1.82, 2.24) is 4.98 Å². The van der Waals surface area contributed by atoms with E-state index in [0.29, 0.717) is 15.7 Å². The number of Topliss-reactive ketones (excluding diaryl/α,β-unsaturated/α-hetero) is 1. The summed E-state index contributed by atoms with van der Waals surface area (Å²) in [4.78, 5) is 15.6. The number of aromatic nitrogens is 1. The van der Waals surface area contributed by atoms with Gasteiger partial charge in [-0.05, 0) is 0 Å². The van der Waals surface area contributed by atoms with Gasteiger partial charge in [-0.2, -0.15) is 4.98 Å². The highest BCUT2D eigenvalue weighted by Crippen LogP contribution is 2.25. The Labute approximate surface area is 101 Å². The fraction of sp³-hybridized carbons (Fsp3) is 0.0909. The number of benzene rings is 1. The predicted molar refractivity (Wildman–Crippen MR) is 65.3 cm³/mol. The zero-order chi connectivity index (χ0) is 11.4. The maximum atomic E-state index is 11.7. The fourth-order valence-electron chi connectivity index (χ4n) is 1.15. The maximum Gasteiger partial charge on any atom is 0.222 e. The molecule has 1 aromatic carbocycles. The van der Waals surface area contributed by atoms with Gasteiger partial charge in [-0.1, -0.05) is 42.1 Å². The van der Waals surface area contributed by atoms with Gasteiger partial charge < -0.3 is 5.11 Å². The van der Waals surface area contributed by atoms with Crippen LogP contribution in [-0.2, 0) is 0 Å². The summed E-state index contributed by atoms with van der Waals surface area (Å²) < 4.78 is 0.710. The Kier molecular flexibility index (Phi) is 3.58. The van der Waals surface area contributed by atoms with Gasteiger partial charge in [0.1, 0.15) is 0 Å². The van der Waals surface area contributed by atoms with E-state index in [4.69, 9.17) is 5.11 Å². The van der Waals surface area contributed by atoms with Gasteiger partial charge >= 0.3 is 0 Å². The third kappa shape index (κ3) is 2.84. The standard InChI is InChI=1S/C11H9NO2S2/c13-9(8-4-2-1-3-5-8)6-15-11-12-10(14)7-16-11/h1-5,7,14H,6H2. The first-order chi connectivity index (χ1) is 7.75. The van der Waals surface area contributed by atoms with Crippen molar-refractivity contribution in [3.8, 4) is 5.88 Å². The second-order valence-corrected chi connectivity index (χ2v) is 5.13. The number of aromatic hydroxyl groups is 1. The number of carbonyl (C=O) groups excluding carboxylic acids is 1. The topological polar surface area (TPSA) is 50.2 Å². The normalized spacial score (nSPS) is 10.2. The van der Waals surface area contributed by atoms with E-state index < -0.39 is 0 Å². The molecule has 0 aliphatic heterocycles. The summed E-state index contributed by atoms with van der Waals surface area (Å²) in [6.45, 7) is 0. The first-order valence-electron chi connectivity index (χ1n) is 4.61. The molecular weight excluding hydrogens is 242 g/mol. The van der Waals surface area contributed by atoms with Crippen LogP contribution in [0, 0.1) is 0 Å². The zero-order valence-electron chi connectivity index (χ0n) is 8.29. The molecule has 1 heterocycles. The number of carbonyl (C=O) groups is 1. The minimum absolute atomic E-state index is 0.0136. The van der Waals surface area contributed by atoms with E-state index in [2.05, 4.69) is 4.98 Å². The van der Waals surface area contributed by atoms with Crippen LogP contribution in [0.2, 0.25) is 0 Å². The third-order valence-electron chi connectivity index (χ3n) is 1.89. The largest absolute Gasteiger partial charge is 0.493 e. The van der Waals surface area contributed by atoms with Crippen LogP contribution in [0.1, 0.15) is 10.4 Å². The summed E-state index contributed by atoms with van der Waals surface area (Å²) in [7, 11) is 0. The molecule has 3 nitrogen and oxygen atoms in total. The maximum absolute atomic E-state index is 11.7. The second kappa shape index (κ2) is 5.14. The number of nitrogens with zero attached hydrogens (tertiary/aromatic N) is 1. The monoisotopic (exact) mass is 251 g/mol. The SMILES string of the molecule is O=C(CSc1nc(O)cs1)c1ccccc1. The summed E-state index contributed by atoms with van der Waals surface area (Å²) in [6, 6.07) is 9.15. The number of hydrogen-bond acceptors (Lipinski definition) is 5. The second-order valence-electron chi connectivity index (χ2n) is 3.05. The predicted octanol–water partition coefficient (Wildman–Crippen LogP) is 2.82. The van der Waals surface area contributed by atoms with Crippen molar-refractivity contribution >= 4 is 28.9 Å². The Bertz CT molecular complexity index is 482. The molecule has 1 aromatic heterocycles. The summed E-state index contributed by atoms with van der Waals surface area (Å²) in [5.74, 6) is 0.427. The van der Waals surface area contributed by atoms with Gasteiger partial charge in [0, 0.05) is 5.56 Å². The Morgan fingerprint density at radius 1 is 1.38 bits per heavy atom. The lowest BCUT2D eigenvalue weighted by Gasteiger charge is -1.98. The van der Waals surface area contributed by atoms with Gasteiger partial charge in [0.25, 0.3) is 0 Å². The minimum atomic E-state index is 0.0136. The quantitative estimate of drug-likeness (QED) is 0.670. The highest BCUT2D eigenvalue weighted by molar-refractivity contribution is 8.01. The molecular formula is C11H9NO2S2. The smallest absolute Gasteiger partial charge is 0.222 e. The average Bonchev–Trinajstić information content (AvgIpc) is 2.73. The molecule has 2 rings (SSSR count). The van der Waals surface area contributed by atoms with Crippen LogP contribution < -0.4 is 0 Å². The first kappa shape index (κ1) is 11.2. The molecule has 0 aliphatic rings. The molecule has 0 aliphatic carbocycles. The first-order valence-corrected chi connectivity index (χ1v) is 6.48. The van der Waals surface area contributed by atoms with Crippen LogP contribution in [-0.4, -0.2) is 21.6 Å². The highest BCUT2D eigenvalue weighted by atomic mass is 32.2. The van der Waals surface area contributed by atoms with Gasteiger partial charge in [-0.3, -0.25) is 4.79 Å². The van der Waals surface area contributed by atoms with Crippen molar-refractivity contribution < 1.29 is 9.90 Å². The van der Waals surface area contributed by atoms with Crippen LogP contribution in [0.25, 0.3) is 0 Å². The molecule has 0 unspecified atom stereocenters. The molecule has 0 fully saturated rings. The molecule has 0 bridgehead atoms. The van der Waals surface area contributed by atoms with E-state index >= 15 is 0 Å². The summed E-state index contributed by atoms with van der Waals surface area (Å²) in [5, 5.41) is 10.6. The molecule has 82 valence electrons. The lowest BCUT2D eigenvalue weighted by Crippen LogP contribution is -2.01. The summed E-state index contributed by atoms with van der Waals surface area (Å²) in [6.07, 6.45) is 0. The average molecular weight is 251 g/mol. The molecule has 0 atom stereocenters. The third-order valence-corrected chi connectivity index (χ3v) is 3.90. The van der Waals surface area contributed by atoms with Crippen molar-refractivity contribution in [2.45, 2.75) is 4.34 Å². The number of thiazole rings is 1. The van der Waals surface area contributed by atoms with E-state index in [1.54, 1.807) is 17.5 Å². The van der Waals surface area contributed by atoms with Crippen molar-refractivity contribution in [1.29, 1.82) is 0 Å². The summed E-state index contributed by atoms with van der Waals surface area (Å²) >= 11 is 2.68. The molecule has 0 spiro atoms. The van der Waals surface area contributed by atoms with E-state index in [1.807, 2.05) is 18.2 Å². The van der Waals surface area contributed by atoms with Gasteiger partial charge in [0.2, 0.25) is 5.88 Å². The Morgan fingerprint density at radius 2 is 2.12 bits per heavy atom. The van der Waals surface area contributed by atoms with Gasteiger partial charge in [0.15, 0.2) is 10.1 Å². The number of hydrogen-bond donors (Lipinski definition) is 1. The molecule has 0 saturated carbocycles. The molecule has 0 amide bonds. The molecule has 0 radical (unpaired) electrons. The minimum Gasteiger partial charge on any atom is -0.493 e. The Balaban J connectivity index is 1.94. The van der Waals surface area contributed by atoms with Gasteiger partial charge in [-0.25, -0.2) is 0 Å². The van der Waals surface area contributed by atoms with E-state index in [-0.39, 0.29) is 11.7 Å². The van der Waals surface area contributed by atoms with Crippen LogP contribution in [0.4, 0.5) is 0 Å². The lowest BCUT2D eigenvalue weighted by molar-refractivity contribution is 0.102. The number of ketones is 1. The molecule has 0 saturated heterocycles. The summed E-state index contributed by atoms with van der Waals surface area (Å²) in [5.41, 5.74) is 0.704. The Morgan fingerprint density at radius 3 is 2.75 bits per heavy atom. The molecule has 1 N–H and O–H groups in total. The van der Waals surface area contributed by atoms with Crippen LogP contribution in [0.5, 0.6) is 5.88 Å². The molecule has 16 heavy (non-hydrogen) atoms. The van der Waals surface area contributed by atoms with Crippen molar-refractivity contribution in [2.24, 2.45) is 0 Å². The van der Waals surface area contributed by atoms with Crippen LogP contribution in [0.3, 0.4) is 0 Å². The fourth-order valence-corrected chi connectivity index (χ4v) is 2.73. The van der Waals surface area contributed by atoms with E-state index in [9.17, 15) is 4.79 Å². The molecule has 2 aromatic rings. The molecule has 5 heteroatoms. The lowest BCUT2D eigenvalue weighted by atomic mass is 10.2. The zero-order valence-corrected chi connectivity index (χ0v) is 9.92. The number of rotatable bonds is 4. The van der Waals surface area contributed by atoms with Gasteiger partial charge in [0.05, 0.1) is 11.1 Å². The van der Waals surface area contributed by atoms with E-state index in [1.165, 1.54) is 23.1 Å². The Hall–Kier alpha value is -1.33. The van der Waals surface area contributed by atoms with Gasteiger partial charge in [-0.15, -0.1) is 11.3 Å². The van der Waals surface area contributed by atoms with E-state index in [0.717, 1.165) is 0 Å².